The lowest BCUT2D eigenvalue weighted by Crippen LogP contribution is -2.53. The number of aryl methyl sites for hydroxylation is 1. The smallest absolute Gasteiger partial charge is 0.253 e. The molecule has 3 rings (SSSR count). The van der Waals surface area contributed by atoms with Crippen LogP contribution in [0.2, 0.25) is 0 Å². The molecule has 2 N–H and O–H groups in total. The van der Waals surface area contributed by atoms with Crippen molar-refractivity contribution in [3.05, 3.63) is 36.0 Å². The van der Waals surface area contributed by atoms with Gasteiger partial charge in [-0.3, -0.25) is 4.79 Å². The van der Waals surface area contributed by atoms with Crippen molar-refractivity contribution in [2.45, 2.75) is 32.7 Å². The first kappa shape index (κ1) is 17.0. The predicted octanol–water partition coefficient (Wildman–Crippen LogP) is 2.57. The lowest BCUT2D eigenvalue weighted by molar-refractivity contribution is -0.133. The molecule has 1 aliphatic heterocycles. The molecule has 0 saturated carbocycles. The average molecular weight is 330 g/mol. The Hall–Kier alpha value is -1.85. The summed E-state index contributed by atoms with van der Waals surface area (Å²) in [6, 6.07) is 8.03. The maximum absolute atomic E-state index is 12.7. The van der Waals surface area contributed by atoms with E-state index in [1.165, 1.54) is 12.8 Å². The highest BCUT2D eigenvalue weighted by molar-refractivity contribution is 6.07. The molecule has 2 aromatic rings. The van der Waals surface area contributed by atoms with E-state index in [2.05, 4.69) is 22.9 Å². The maximum Gasteiger partial charge on any atom is 0.253 e. The van der Waals surface area contributed by atoms with Crippen molar-refractivity contribution in [2.75, 3.05) is 26.4 Å². The lowest BCUT2D eigenvalue weighted by atomic mass is 9.87. The number of aliphatic hydroxyl groups is 1. The Morgan fingerprint density at radius 3 is 2.79 bits per heavy atom. The summed E-state index contributed by atoms with van der Waals surface area (Å²) in [5.41, 5.74) is 1.49. The quantitative estimate of drug-likeness (QED) is 0.731. The molecule has 1 amide bonds. The Morgan fingerprint density at radius 2 is 2.12 bits per heavy atom. The van der Waals surface area contributed by atoms with Crippen LogP contribution in [-0.4, -0.2) is 41.9 Å². The number of rotatable bonds is 8. The summed E-state index contributed by atoms with van der Waals surface area (Å²) in [5, 5.41) is 13.4. The monoisotopic (exact) mass is 330 g/mol. The van der Waals surface area contributed by atoms with E-state index in [9.17, 15) is 9.90 Å². The van der Waals surface area contributed by atoms with Crippen molar-refractivity contribution in [3.8, 4) is 0 Å². The Balaban J connectivity index is 1.76. The molecule has 1 aromatic heterocycles. The van der Waals surface area contributed by atoms with Gasteiger partial charge in [-0.1, -0.05) is 38.0 Å². The molecule has 5 nitrogen and oxygen atoms in total. The summed E-state index contributed by atoms with van der Waals surface area (Å²) in [4.78, 5) is 12.7. The van der Waals surface area contributed by atoms with E-state index < -0.39 is 0 Å². The van der Waals surface area contributed by atoms with E-state index in [1.807, 2.05) is 24.4 Å². The van der Waals surface area contributed by atoms with Gasteiger partial charge in [-0.25, -0.2) is 0 Å². The van der Waals surface area contributed by atoms with Gasteiger partial charge in [-0.05, 0) is 12.5 Å². The van der Waals surface area contributed by atoms with Crippen LogP contribution in [0.3, 0.4) is 0 Å². The summed E-state index contributed by atoms with van der Waals surface area (Å²) in [7, 11) is 0. The van der Waals surface area contributed by atoms with Crippen LogP contribution in [0, 0.1) is 5.41 Å². The van der Waals surface area contributed by atoms with Crippen LogP contribution in [0.25, 0.3) is 10.9 Å². The molecule has 0 atom stereocenters. The number of hydrogen-bond acceptors (Lipinski definition) is 3. The fourth-order valence-electron chi connectivity index (χ4n) is 3.15. The molecule has 0 unspecified atom stereocenters. The van der Waals surface area contributed by atoms with E-state index in [-0.39, 0.29) is 17.9 Å². The van der Waals surface area contributed by atoms with Crippen molar-refractivity contribution in [1.29, 1.82) is 0 Å². The van der Waals surface area contributed by atoms with Crippen LogP contribution in [0.5, 0.6) is 0 Å². The predicted molar refractivity (Wildman–Crippen MR) is 94.1 cm³/mol. The van der Waals surface area contributed by atoms with Crippen LogP contribution in [0.15, 0.2) is 30.5 Å². The first-order chi connectivity index (χ1) is 11.7. The van der Waals surface area contributed by atoms with Crippen LogP contribution in [0.1, 0.15) is 36.5 Å². The molecule has 1 saturated heterocycles. The van der Waals surface area contributed by atoms with Gasteiger partial charge in [0, 0.05) is 30.2 Å². The largest absolute Gasteiger partial charge is 0.396 e. The first-order valence-electron chi connectivity index (χ1n) is 8.74. The molecule has 5 heteroatoms. The van der Waals surface area contributed by atoms with Gasteiger partial charge in [0.2, 0.25) is 0 Å². The number of aromatic nitrogens is 1. The molecular formula is C19H26N2O3. The van der Waals surface area contributed by atoms with E-state index >= 15 is 0 Å². The minimum absolute atomic E-state index is 0.0338. The van der Waals surface area contributed by atoms with Crippen molar-refractivity contribution >= 4 is 16.8 Å². The third-order valence-electron chi connectivity index (χ3n) is 4.81. The van der Waals surface area contributed by atoms with E-state index in [0.717, 1.165) is 23.9 Å². The molecular weight excluding hydrogens is 304 g/mol. The standard InChI is InChI=1S/C19H26N2O3/c1-2-3-6-9-21-10-16(15-7-4-5-8-17(15)21)18(23)20-11-19(12-22)13-24-14-19/h4-5,7-8,10,22H,2-3,6,9,11-14H2,1H3,(H,20,23). The van der Waals surface area contributed by atoms with Gasteiger partial charge in [0.05, 0.1) is 30.8 Å². The van der Waals surface area contributed by atoms with Gasteiger partial charge < -0.3 is 19.7 Å². The summed E-state index contributed by atoms with van der Waals surface area (Å²) in [6.45, 7) is 4.60. The Morgan fingerprint density at radius 1 is 1.33 bits per heavy atom. The average Bonchev–Trinajstić information content (AvgIpc) is 2.93. The first-order valence-corrected chi connectivity index (χ1v) is 8.74. The number of fused-ring (bicyclic) bond motifs is 1. The molecule has 2 heterocycles. The molecule has 1 fully saturated rings. The van der Waals surface area contributed by atoms with Gasteiger partial charge in [-0.15, -0.1) is 0 Å². The van der Waals surface area contributed by atoms with Crippen molar-refractivity contribution in [1.82, 2.24) is 9.88 Å². The van der Waals surface area contributed by atoms with Gasteiger partial charge in [0.25, 0.3) is 5.91 Å². The normalized spacial score (nSPS) is 16.1. The molecule has 0 spiro atoms. The summed E-state index contributed by atoms with van der Waals surface area (Å²) >= 11 is 0. The van der Waals surface area contributed by atoms with Crippen molar-refractivity contribution in [3.63, 3.8) is 0 Å². The molecule has 0 aliphatic carbocycles. The SMILES string of the molecule is CCCCCn1cc(C(=O)NCC2(CO)COC2)c2ccccc21. The fraction of sp³-hybridized carbons (Fsp3) is 0.526. The van der Waals surface area contributed by atoms with Crippen LogP contribution >= 0.6 is 0 Å². The summed E-state index contributed by atoms with van der Waals surface area (Å²) < 4.78 is 7.36. The zero-order chi connectivity index (χ0) is 17.0. The highest BCUT2D eigenvalue weighted by Gasteiger charge is 2.38. The lowest BCUT2D eigenvalue weighted by Gasteiger charge is -2.39. The number of ether oxygens (including phenoxy) is 1. The number of carbonyl (C=O) groups excluding carboxylic acids is 1. The molecule has 1 aromatic carbocycles. The molecule has 0 bridgehead atoms. The van der Waals surface area contributed by atoms with Gasteiger partial charge in [0.15, 0.2) is 0 Å². The van der Waals surface area contributed by atoms with Gasteiger partial charge in [0.1, 0.15) is 0 Å². The minimum atomic E-state index is -0.310. The van der Waals surface area contributed by atoms with Gasteiger partial charge in [-0.2, -0.15) is 0 Å². The number of nitrogens with one attached hydrogen (secondary N) is 1. The van der Waals surface area contributed by atoms with Crippen LogP contribution in [-0.2, 0) is 11.3 Å². The third kappa shape index (κ3) is 3.32. The molecule has 24 heavy (non-hydrogen) atoms. The second kappa shape index (κ2) is 7.36. The number of aliphatic hydroxyl groups excluding tert-OH is 1. The molecule has 1 aliphatic rings. The van der Waals surface area contributed by atoms with Crippen molar-refractivity contribution in [2.24, 2.45) is 5.41 Å². The topological polar surface area (TPSA) is 63.5 Å². The van der Waals surface area contributed by atoms with Crippen LogP contribution < -0.4 is 5.32 Å². The third-order valence-corrected chi connectivity index (χ3v) is 4.81. The number of nitrogens with zero attached hydrogens (tertiary/aromatic N) is 1. The zero-order valence-electron chi connectivity index (χ0n) is 14.3. The highest BCUT2D eigenvalue weighted by Crippen LogP contribution is 2.26. The second-order valence-electron chi connectivity index (χ2n) is 6.79. The zero-order valence-corrected chi connectivity index (χ0v) is 14.3. The number of amides is 1. The molecule has 130 valence electrons. The molecule has 0 radical (unpaired) electrons. The van der Waals surface area contributed by atoms with E-state index in [0.29, 0.717) is 25.3 Å². The minimum Gasteiger partial charge on any atom is -0.396 e. The number of para-hydroxylation sites is 1. The van der Waals surface area contributed by atoms with Gasteiger partial charge >= 0.3 is 0 Å². The van der Waals surface area contributed by atoms with Crippen LogP contribution in [0.4, 0.5) is 0 Å². The number of carbonyl (C=O) groups is 1. The summed E-state index contributed by atoms with van der Waals surface area (Å²) in [5.74, 6) is -0.0832. The fourth-order valence-corrected chi connectivity index (χ4v) is 3.15. The second-order valence-corrected chi connectivity index (χ2v) is 6.79. The van der Waals surface area contributed by atoms with E-state index in [1.54, 1.807) is 0 Å². The van der Waals surface area contributed by atoms with Crippen molar-refractivity contribution < 1.29 is 14.6 Å². The summed E-state index contributed by atoms with van der Waals surface area (Å²) in [6.07, 6.45) is 5.44. The Bertz CT molecular complexity index is 698. The number of hydrogen-bond donors (Lipinski definition) is 2. The Labute approximate surface area is 142 Å². The number of benzene rings is 1. The maximum atomic E-state index is 12.7. The Kier molecular flexibility index (Phi) is 5.21. The van der Waals surface area contributed by atoms with E-state index in [4.69, 9.17) is 4.74 Å². The number of unbranched alkanes of at least 4 members (excludes halogenated alkanes) is 2. The highest BCUT2D eigenvalue weighted by atomic mass is 16.5.